The quantitative estimate of drug-likeness (QED) is 0.867. The first-order chi connectivity index (χ1) is 7.43. The van der Waals surface area contributed by atoms with Crippen molar-refractivity contribution in [2.24, 2.45) is 5.92 Å². The van der Waals surface area contributed by atoms with E-state index in [1.165, 1.54) is 0 Å². The summed E-state index contributed by atoms with van der Waals surface area (Å²) < 4.78 is 4.01. The van der Waals surface area contributed by atoms with E-state index >= 15 is 0 Å². The molecule has 0 saturated heterocycles. The van der Waals surface area contributed by atoms with E-state index in [1.54, 1.807) is 24.3 Å². The Kier molecular flexibility index (Phi) is 2.95. The number of benzene rings is 1. The van der Waals surface area contributed by atoms with Crippen LogP contribution >= 0.6 is 34.8 Å². The Morgan fingerprint density at radius 2 is 1.88 bits per heavy atom. The second-order valence-corrected chi connectivity index (χ2v) is 5.36. The fourth-order valence-corrected chi connectivity index (χ4v) is 2.16. The smallest absolute Gasteiger partial charge is 0.313 e. The Balaban J connectivity index is 2.07. The lowest BCUT2D eigenvalue weighted by Gasteiger charge is -2.05. The number of alkyl halides is 2. The lowest BCUT2D eigenvalue weighted by Crippen LogP contribution is -2.07. The molecule has 1 aromatic rings. The van der Waals surface area contributed by atoms with Gasteiger partial charge in [-0.3, -0.25) is 4.79 Å². The molecule has 2 rings (SSSR count). The summed E-state index contributed by atoms with van der Waals surface area (Å²) in [4.78, 5) is 10.8. The summed E-state index contributed by atoms with van der Waals surface area (Å²) in [6.45, 7) is 0. The van der Waals surface area contributed by atoms with E-state index in [1.807, 2.05) is 0 Å². The van der Waals surface area contributed by atoms with E-state index in [2.05, 4.69) is 0 Å². The van der Waals surface area contributed by atoms with Crippen LogP contribution in [0.1, 0.15) is 0 Å². The molecule has 6 heteroatoms. The van der Waals surface area contributed by atoms with E-state index in [-0.39, 0.29) is 0 Å². The predicted octanol–water partition coefficient (Wildman–Crippen LogP) is 2.98. The van der Waals surface area contributed by atoms with Gasteiger partial charge in [-0.1, -0.05) is 34.8 Å². The molecule has 0 spiro atoms. The molecule has 1 aliphatic rings. The van der Waals surface area contributed by atoms with Gasteiger partial charge in [0.2, 0.25) is 0 Å². The zero-order valence-electron chi connectivity index (χ0n) is 7.86. The van der Waals surface area contributed by atoms with Gasteiger partial charge in [-0.15, -0.1) is 0 Å². The molecule has 1 aromatic carbocycles. The number of carboxylic acid groups (broad SMARTS) is 1. The Morgan fingerprint density at radius 1 is 1.31 bits per heavy atom. The van der Waals surface area contributed by atoms with Crippen LogP contribution in [0, 0.1) is 5.92 Å². The average molecular weight is 282 g/mol. The van der Waals surface area contributed by atoms with Crippen molar-refractivity contribution in [3.05, 3.63) is 29.3 Å². The van der Waals surface area contributed by atoms with Gasteiger partial charge in [0, 0.05) is 5.02 Å². The van der Waals surface area contributed by atoms with Crippen LogP contribution in [0.25, 0.3) is 0 Å². The zero-order chi connectivity index (χ0) is 11.9. The first-order valence-electron chi connectivity index (χ1n) is 4.46. The first kappa shape index (κ1) is 11.8. The Bertz CT molecular complexity index is 416. The van der Waals surface area contributed by atoms with Gasteiger partial charge in [0.15, 0.2) is 4.33 Å². The molecule has 16 heavy (non-hydrogen) atoms. The monoisotopic (exact) mass is 280 g/mol. The van der Waals surface area contributed by atoms with Crippen molar-refractivity contribution < 1.29 is 14.6 Å². The minimum absolute atomic E-state index is 0.490. The maximum absolute atomic E-state index is 10.8. The molecule has 0 amide bonds. The highest BCUT2D eigenvalue weighted by Crippen LogP contribution is 2.55. The first-order valence-corrected chi connectivity index (χ1v) is 5.59. The van der Waals surface area contributed by atoms with Gasteiger partial charge in [0.05, 0.1) is 0 Å². The molecule has 0 radical (unpaired) electrons. The summed E-state index contributed by atoms with van der Waals surface area (Å²) in [6, 6.07) is 6.53. The van der Waals surface area contributed by atoms with Crippen molar-refractivity contribution in [1.82, 2.24) is 0 Å². The molecule has 1 N–H and O–H groups in total. The maximum Gasteiger partial charge on any atom is 0.313 e. The van der Waals surface area contributed by atoms with Crippen LogP contribution in [0.2, 0.25) is 5.02 Å². The van der Waals surface area contributed by atoms with E-state index in [0.717, 1.165) is 0 Å². The molecule has 2 unspecified atom stereocenters. The van der Waals surface area contributed by atoms with Crippen molar-refractivity contribution in [3.8, 4) is 5.75 Å². The highest BCUT2D eigenvalue weighted by atomic mass is 35.5. The van der Waals surface area contributed by atoms with Gasteiger partial charge in [-0.2, -0.15) is 0 Å². The molecule has 1 saturated carbocycles. The summed E-state index contributed by atoms with van der Waals surface area (Å²) in [7, 11) is 0. The molecule has 0 bridgehead atoms. The van der Waals surface area contributed by atoms with Gasteiger partial charge in [-0.25, -0.2) is 0 Å². The number of rotatable bonds is 3. The molecule has 0 aromatic heterocycles. The van der Waals surface area contributed by atoms with Crippen LogP contribution in [0.5, 0.6) is 5.75 Å². The zero-order valence-corrected chi connectivity index (χ0v) is 10.1. The lowest BCUT2D eigenvalue weighted by molar-refractivity contribution is -0.139. The molecule has 1 aliphatic carbocycles. The van der Waals surface area contributed by atoms with Crippen molar-refractivity contribution in [1.29, 1.82) is 0 Å². The van der Waals surface area contributed by atoms with Gasteiger partial charge < -0.3 is 9.84 Å². The summed E-state index contributed by atoms with van der Waals surface area (Å²) >= 11 is 17.3. The fourth-order valence-electron chi connectivity index (χ4n) is 1.40. The van der Waals surface area contributed by atoms with Crippen LogP contribution < -0.4 is 4.74 Å². The standard InChI is InChI=1S/C10H7Cl3O3/c11-5-1-3-6(4-2-5)16-8-7(9(14)15)10(8,12)13/h1-4,7-8H,(H,14,15). The predicted molar refractivity (Wildman–Crippen MR) is 61.4 cm³/mol. The second-order valence-electron chi connectivity index (χ2n) is 3.48. The number of carboxylic acids is 1. The van der Waals surface area contributed by atoms with Crippen molar-refractivity contribution >= 4 is 40.8 Å². The van der Waals surface area contributed by atoms with Crippen LogP contribution in [0.4, 0.5) is 0 Å². The molecular formula is C10H7Cl3O3. The van der Waals surface area contributed by atoms with E-state index in [0.29, 0.717) is 10.8 Å². The van der Waals surface area contributed by atoms with E-state index in [4.69, 9.17) is 44.6 Å². The number of carbonyl (C=O) groups is 1. The van der Waals surface area contributed by atoms with Crippen LogP contribution in [-0.2, 0) is 4.79 Å². The molecule has 3 nitrogen and oxygen atoms in total. The van der Waals surface area contributed by atoms with Crippen molar-refractivity contribution in [2.75, 3.05) is 0 Å². The van der Waals surface area contributed by atoms with Gasteiger partial charge >= 0.3 is 5.97 Å². The largest absolute Gasteiger partial charge is 0.486 e. The fraction of sp³-hybridized carbons (Fsp3) is 0.300. The van der Waals surface area contributed by atoms with E-state index < -0.39 is 22.3 Å². The van der Waals surface area contributed by atoms with Crippen molar-refractivity contribution in [2.45, 2.75) is 10.4 Å². The summed E-state index contributed by atoms with van der Waals surface area (Å²) in [5.41, 5.74) is 0. The molecule has 0 aliphatic heterocycles. The number of ether oxygens (including phenoxy) is 1. The minimum Gasteiger partial charge on any atom is -0.486 e. The molecular weight excluding hydrogens is 274 g/mol. The third kappa shape index (κ3) is 2.08. The third-order valence-corrected chi connectivity index (χ3v) is 3.48. The topological polar surface area (TPSA) is 46.5 Å². The molecule has 1 fully saturated rings. The normalized spacial score (nSPS) is 26.2. The summed E-state index contributed by atoms with van der Waals surface area (Å²) in [5, 5.41) is 9.38. The van der Waals surface area contributed by atoms with Gasteiger partial charge in [-0.05, 0) is 24.3 Å². The maximum atomic E-state index is 10.8. The van der Waals surface area contributed by atoms with E-state index in [9.17, 15) is 4.79 Å². The highest BCUT2D eigenvalue weighted by molar-refractivity contribution is 6.53. The lowest BCUT2D eigenvalue weighted by atomic mass is 10.3. The average Bonchev–Trinajstić information content (AvgIpc) is 2.72. The highest BCUT2D eigenvalue weighted by Gasteiger charge is 2.70. The molecule has 2 atom stereocenters. The summed E-state index contributed by atoms with van der Waals surface area (Å²) in [6.07, 6.45) is -0.727. The third-order valence-electron chi connectivity index (χ3n) is 2.33. The number of hydrogen-bond donors (Lipinski definition) is 1. The Labute approximate surface area is 107 Å². The Hall–Kier alpha value is -0.640. The minimum atomic E-state index is -1.36. The van der Waals surface area contributed by atoms with Gasteiger partial charge in [0.1, 0.15) is 17.8 Å². The van der Waals surface area contributed by atoms with Crippen LogP contribution in [-0.4, -0.2) is 21.5 Å². The Morgan fingerprint density at radius 3 is 2.31 bits per heavy atom. The SMILES string of the molecule is O=C(O)C1C(Oc2ccc(Cl)cc2)C1(Cl)Cl. The second kappa shape index (κ2) is 3.99. The van der Waals surface area contributed by atoms with Gasteiger partial charge in [0.25, 0.3) is 0 Å². The number of hydrogen-bond acceptors (Lipinski definition) is 2. The molecule has 0 heterocycles. The number of halogens is 3. The number of aliphatic carboxylic acids is 1. The van der Waals surface area contributed by atoms with Crippen LogP contribution in [0.15, 0.2) is 24.3 Å². The van der Waals surface area contributed by atoms with Crippen molar-refractivity contribution in [3.63, 3.8) is 0 Å². The summed E-state index contributed by atoms with van der Waals surface area (Å²) in [5.74, 6) is -1.47. The molecule has 86 valence electrons. The van der Waals surface area contributed by atoms with Crippen LogP contribution in [0.3, 0.4) is 0 Å².